The fraction of sp³-hybridized carbons (Fsp3) is 0.381. The number of nitrogens with zero attached hydrogens (tertiary/aromatic N) is 1. The van der Waals surface area contributed by atoms with Gasteiger partial charge in [0.25, 0.3) is 0 Å². The van der Waals surface area contributed by atoms with Crippen LogP contribution in [0, 0.1) is 12.7 Å². The number of benzene rings is 2. The largest absolute Gasteiger partial charge is 0.493 e. The van der Waals surface area contributed by atoms with E-state index < -0.39 is 5.54 Å². The maximum absolute atomic E-state index is 14.7. The minimum absolute atomic E-state index is 0.251. The number of methoxy groups -OCH3 is 1. The summed E-state index contributed by atoms with van der Waals surface area (Å²) >= 11 is 1.67. The normalized spacial score (nSPS) is 21.5. The van der Waals surface area contributed by atoms with Crippen molar-refractivity contribution < 1.29 is 13.9 Å². The van der Waals surface area contributed by atoms with Gasteiger partial charge in [0.05, 0.1) is 17.4 Å². The van der Waals surface area contributed by atoms with Crippen molar-refractivity contribution in [2.45, 2.75) is 38.0 Å². The number of aryl methyl sites for hydroxylation is 1. The van der Waals surface area contributed by atoms with E-state index in [1.807, 2.05) is 45.9 Å². The van der Waals surface area contributed by atoms with E-state index in [1.54, 1.807) is 31.0 Å². The number of rotatable bonds is 4. The van der Waals surface area contributed by atoms with Gasteiger partial charge in [-0.1, -0.05) is 6.07 Å². The number of thioether (sulfide) groups is 1. The number of hydrogen-bond donors (Lipinski definition) is 1. The molecule has 0 aliphatic carbocycles. The van der Waals surface area contributed by atoms with Crippen LogP contribution >= 0.6 is 11.8 Å². The molecule has 0 fully saturated rings. The molecule has 0 amide bonds. The molecule has 6 heteroatoms. The lowest BCUT2D eigenvalue weighted by molar-refractivity contribution is 0.377. The average Bonchev–Trinajstić information content (AvgIpc) is 2.61. The molecule has 1 atom stereocenters. The SMILES string of the molecule is COc1ccc(C)cc1Oc1ccc(F)c([C@]2(C)CSC(C)(C)C(N)=N2)c1. The van der Waals surface area contributed by atoms with Crippen LogP contribution in [0.1, 0.15) is 31.9 Å². The molecule has 144 valence electrons. The first kappa shape index (κ1) is 19.5. The van der Waals surface area contributed by atoms with E-state index in [2.05, 4.69) is 4.99 Å². The van der Waals surface area contributed by atoms with Crippen molar-refractivity contribution in [2.24, 2.45) is 10.7 Å². The van der Waals surface area contributed by atoms with Crippen LogP contribution in [-0.2, 0) is 5.54 Å². The van der Waals surface area contributed by atoms with Crippen LogP contribution < -0.4 is 15.2 Å². The molecular formula is C21H25FN2O2S. The van der Waals surface area contributed by atoms with Crippen molar-refractivity contribution in [1.82, 2.24) is 0 Å². The summed E-state index contributed by atoms with van der Waals surface area (Å²) in [5, 5.41) is 0. The number of hydrogen-bond acceptors (Lipinski definition) is 5. The highest BCUT2D eigenvalue weighted by Crippen LogP contribution is 2.42. The van der Waals surface area contributed by atoms with Crippen LogP contribution in [0.3, 0.4) is 0 Å². The molecule has 4 nitrogen and oxygen atoms in total. The van der Waals surface area contributed by atoms with Gasteiger partial charge in [0.15, 0.2) is 11.5 Å². The Morgan fingerprint density at radius 3 is 2.52 bits per heavy atom. The van der Waals surface area contributed by atoms with Gasteiger partial charge in [-0.3, -0.25) is 4.99 Å². The Balaban J connectivity index is 1.99. The summed E-state index contributed by atoms with van der Waals surface area (Å²) in [5.74, 6) is 2.57. The molecule has 0 aromatic heterocycles. The van der Waals surface area contributed by atoms with Crippen LogP contribution in [-0.4, -0.2) is 23.4 Å². The third kappa shape index (κ3) is 3.90. The topological polar surface area (TPSA) is 56.8 Å². The van der Waals surface area contributed by atoms with Crippen molar-refractivity contribution in [2.75, 3.05) is 12.9 Å². The monoisotopic (exact) mass is 388 g/mol. The lowest BCUT2D eigenvalue weighted by Crippen LogP contribution is -2.44. The molecule has 0 radical (unpaired) electrons. The van der Waals surface area contributed by atoms with Crippen molar-refractivity contribution in [3.05, 3.63) is 53.3 Å². The zero-order valence-corrected chi connectivity index (χ0v) is 17.1. The first-order valence-corrected chi connectivity index (χ1v) is 9.75. The molecule has 2 aromatic rings. The van der Waals surface area contributed by atoms with Crippen LogP contribution in [0.15, 0.2) is 41.4 Å². The zero-order valence-electron chi connectivity index (χ0n) is 16.3. The van der Waals surface area contributed by atoms with Gasteiger partial charge >= 0.3 is 0 Å². The molecule has 0 unspecified atom stereocenters. The van der Waals surface area contributed by atoms with E-state index in [0.717, 1.165) is 5.56 Å². The molecule has 3 rings (SSSR count). The van der Waals surface area contributed by atoms with E-state index in [9.17, 15) is 4.39 Å². The number of aliphatic imine (C=N–C) groups is 1. The van der Waals surface area contributed by atoms with Gasteiger partial charge in [-0.15, -0.1) is 11.8 Å². The minimum atomic E-state index is -0.746. The highest BCUT2D eigenvalue weighted by molar-refractivity contribution is 8.01. The maximum atomic E-state index is 14.7. The highest BCUT2D eigenvalue weighted by atomic mass is 32.2. The van der Waals surface area contributed by atoms with Crippen LogP contribution in [0.25, 0.3) is 0 Å². The van der Waals surface area contributed by atoms with Gasteiger partial charge < -0.3 is 15.2 Å². The van der Waals surface area contributed by atoms with Gasteiger partial charge in [0.2, 0.25) is 0 Å². The molecule has 1 aliphatic heterocycles. The van der Waals surface area contributed by atoms with Gasteiger partial charge in [0, 0.05) is 11.3 Å². The van der Waals surface area contributed by atoms with Gasteiger partial charge in [-0.2, -0.15) is 0 Å². The number of amidine groups is 1. The highest BCUT2D eigenvalue weighted by Gasteiger charge is 2.39. The Morgan fingerprint density at radius 2 is 1.85 bits per heavy atom. The van der Waals surface area contributed by atoms with Crippen LogP contribution in [0.4, 0.5) is 4.39 Å². The second-order valence-corrected chi connectivity index (χ2v) is 9.07. The third-order valence-electron chi connectivity index (χ3n) is 4.76. The molecule has 2 aromatic carbocycles. The molecule has 1 aliphatic rings. The first-order chi connectivity index (χ1) is 12.6. The molecule has 0 spiro atoms. The Hall–Kier alpha value is -2.21. The van der Waals surface area contributed by atoms with Crippen molar-refractivity contribution in [3.63, 3.8) is 0 Å². The number of nitrogens with two attached hydrogens (primary N) is 1. The predicted octanol–water partition coefficient (Wildman–Crippen LogP) is 5.03. The van der Waals surface area contributed by atoms with E-state index in [-0.39, 0.29) is 10.6 Å². The summed E-state index contributed by atoms with van der Waals surface area (Å²) in [6.07, 6.45) is 0. The quantitative estimate of drug-likeness (QED) is 0.798. The fourth-order valence-corrected chi connectivity index (χ4v) is 3.99. The first-order valence-electron chi connectivity index (χ1n) is 8.77. The summed E-state index contributed by atoms with van der Waals surface area (Å²) < 4.78 is 25.8. The smallest absolute Gasteiger partial charge is 0.169 e. The van der Waals surface area contributed by atoms with Crippen molar-refractivity contribution in [3.8, 4) is 17.2 Å². The number of ether oxygens (including phenoxy) is 2. The van der Waals surface area contributed by atoms with Crippen LogP contribution in [0.5, 0.6) is 17.2 Å². The lowest BCUT2D eigenvalue weighted by atomic mass is 9.93. The number of halogens is 1. The summed E-state index contributed by atoms with van der Waals surface area (Å²) in [7, 11) is 1.59. The Labute approximate surface area is 164 Å². The minimum Gasteiger partial charge on any atom is -0.493 e. The lowest BCUT2D eigenvalue weighted by Gasteiger charge is -2.37. The van der Waals surface area contributed by atoms with E-state index in [1.165, 1.54) is 6.07 Å². The van der Waals surface area contributed by atoms with E-state index in [0.29, 0.717) is 34.4 Å². The molecule has 1 heterocycles. The fourth-order valence-electron chi connectivity index (χ4n) is 2.94. The summed E-state index contributed by atoms with van der Waals surface area (Å²) in [6, 6.07) is 10.4. The van der Waals surface area contributed by atoms with Crippen molar-refractivity contribution in [1.29, 1.82) is 0 Å². The molecular weight excluding hydrogens is 363 g/mol. The Kier molecular flexibility index (Phi) is 5.12. The van der Waals surface area contributed by atoms with Crippen molar-refractivity contribution >= 4 is 17.6 Å². The van der Waals surface area contributed by atoms with E-state index >= 15 is 0 Å². The summed E-state index contributed by atoms with van der Waals surface area (Å²) in [4.78, 5) is 4.65. The van der Waals surface area contributed by atoms with Gasteiger partial charge in [-0.25, -0.2) is 4.39 Å². The summed E-state index contributed by atoms with van der Waals surface area (Å²) in [5.41, 5.74) is 6.92. The Bertz CT molecular complexity index is 898. The maximum Gasteiger partial charge on any atom is 0.169 e. The molecule has 0 saturated carbocycles. The van der Waals surface area contributed by atoms with Crippen LogP contribution in [0.2, 0.25) is 0 Å². The zero-order chi connectivity index (χ0) is 19.8. The third-order valence-corrected chi connectivity index (χ3v) is 6.40. The molecule has 0 bridgehead atoms. The molecule has 2 N–H and O–H groups in total. The Morgan fingerprint density at radius 1 is 1.11 bits per heavy atom. The molecule has 0 saturated heterocycles. The molecule has 27 heavy (non-hydrogen) atoms. The van der Waals surface area contributed by atoms with Gasteiger partial charge in [-0.05, 0) is 63.6 Å². The standard InChI is InChI=1S/C21H25FN2O2S/c1-13-6-9-17(25-5)18(10-13)26-14-7-8-16(22)15(11-14)21(4)12-27-20(2,3)19(23)24-21/h6-11H,12H2,1-5H3,(H2,23,24)/t21-/m0/s1. The average molecular weight is 389 g/mol. The predicted molar refractivity (Wildman–Crippen MR) is 110 cm³/mol. The summed E-state index contributed by atoms with van der Waals surface area (Å²) in [6.45, 7) is 7.92. The second kappa shape index (κ2) is 7.08. The second-order valence-electron chi connectivity index (χ2n) is 7.47. The van der Waals surface area contributed by atoms with Gasteiger partial charge in [0.1, 0.15) is 17.4 Å². The van der Waals surface area contributed by atoms with E-state index in [4.69, 9.17) is 15.2 Å².